The smallest absolute Gasteiger partial charge is 0.142 e. The molecule has 0 saturated heterocycles. The van der Waals surface area contributed by atoms with Gasteiger partial charge < -0.3 is 24.5 Å². The highest BCUT2D eigenvalue weighted by Crippen LogP contribution is 2.34. The third kappa shape index (κ3) is 12.4. The number of carbonyl (C=O) groups excluding carboxylic acids is 1. The van der Waals surface area contributed by atoms with Crippen LogP contribution in [0.4, 0.5) is 0 Å². The van der Waals surface area contributed by atoms with Crippen LogP contribution in [0.3, 0.4) is 0 Å². The summed E-state index contributed by atoms with van der Waals surface area (Å²) in [6.07, 6.45) is 4.89. The van der Waals surface area contributed by atoms with Gasteiger partial charge in [0.15, 0.2) is 0 Å². The third-order valence-corrected chi connectivity index (χ3v) is 9.20. The lowest BCUT2D eigenvalue weighted by atomic mass is 9.90. The number of ether oxygens (including phenoxy) is 2. The van der Waals surface area contributed by atoms with Gasteiger partial charge in [0, 0.05) is 50.6 Å². The van der Waals surface area contributed by atoms with E-state index in [1.54, 1.807) is 24.3 Å². The predicted octanol–water partition coefficient (Wildman–Crippen LogP) is 11.0. The Bertz CT molecular complexity index is 1450. The lowest BCUT2D eigenvalue weighted by Gasteiger charge is -2.30. The van der Waals surface area contributed by atoms with E-state index in [4.69, 9.17) is 14.3 Å². The summed E-state index contributed by atoms with van der Waals surface area (Å²) in [7, 11) is 0. The number of benzene rings is 4. The molecule has 0 amide bonds. The number of hydrogen-bond acceptors (Lipinski definition) is 7. The molecule has 7 heteroatoms. The highest BCUT2D eigenvalue weighted by atomic mass is 16.5. The molecule has 0 bridgehead atoms. The van der Waals surface area contributed by atoms with Gasteiger partial charge in [-0.05, 0) is 71.5 Å². The number of carbonyl (C=O) groups is 1. The van der Waals surface area contributed by atoms with Crippen LogP contribution in [-0.2, 0) is 17.9 Å². The van der Waals surface area contributed by atoms with Gasteiger partial charge in [0.25, 0.3) is 0 Å². The molecule has 7 nitrogen and oxygen atoms in total. The zero-order valence-electron chi connectivity index (χ0n) is 29.0. The molecule has 4 aromatic rings. The van der Waals surface area contributed by atoms with Crippen LogP contribution in [0.15, 0.2) is 84.9 Å². The van der Waals surface area contributed by atoms with Crippen LogP contribution in [-0.4, -0.2) is 53.4 Å². The molecule has 2 aliphatic rings. The molecule has 0 aromatic heterocycles. The van der Waals surface area contributed by atoms with E-state index >= 15 is 0 Å². The standard InChI is InChI=1S/C26H36N2O2.C14H14O2.CH2O.3CH4.H2/c1-4-6-12-27-16-23-14-21(8-10-25(23)29-18-27)20(3)22-9-11-26-24(15-22)17-28(19-30-26)13-7-5-2;1-10(11-2-6-13(15)7-3-11)12-4-8-14(16)9-5-12;1-2;;;;/h8-11,14-15,20H,4-7,12-13,16-19H2,1-3H3;2-10,15-16H,1H3;1H2;3*1H4;1H/i;;;;;;1+1. The summed E-state index contributed by atoms with van der Waals surface area (Å²) in [6.45, 7) is 16.5. The molecule has 0 fully saturated rings. The Labute approximate surface area is 310 Å². The van der Waals surface area contributed by atoms with Crippen molar-refractivity contribution in [3.8, 4) is 23.0 Å². The summed E-state index contributed by atoms with van der Waals surface area (Å²) < 4.78 is 12.0. The Morgan fingerprint density at radius 1 is 0.608 bits per heavy atom. The van der Waals surface area contributed by atoms with Gasteiger partial charge in [-0.2, -0.15) is 0 Å². The molecule has 0 unspecified atom stereocenters. The number of nitrogens with zero attached hydrogens (tertiary/aromatic N) is 2. The fraction of sp³-hybridized carbons (Fsp3) is 0.432. The summed E-state index contributed by atoms with van der Waals surface area (Å²) in [5.74, 6) is 3.25. The first-order valence-electron chi connectivity index (χ1n) is 17.2. The first-order valence-corrected chi connectivity index (χ1v) is 17.2. The minimum Gasteiger partial charge on any atom is -0.508 e. The van der Waals surface area contributed by atoms with E-state index in [1.807, 2.05) is 31.1 Å². The van der Waals surface area contributed by atoms with E-state index in [9.17, 15) is 10.2 Å². The zero-order valence-corrected chi connectivity index (χ0v) is 29.0. The molecule has 2 aliphatic heterocycles. The number of fused-ring (bicyclic) bond motifs is 2. The van der Waals surface area contributed by atoms with Crippen molar-refractivity contribution in [2.75, 3.05) is 26.6 Å². The number of rotatable bonds is 10. The number of aromatic hydroxyl groups is 2. The van der Waals surface area contributed by atoms with Crippen molar-refractivity contribution < 1.29 is 25.9 Å². The Morgan fingerprint density at radius 3 is 1.29 bits per heavy atom. The summed E-state index contributed by atoms with van der Waals surface area (Å²) in [5.41, 5.74) is 7.62. The van der Waals surface area contributed by atoms with Crippen molar-refractivity contribution in [3.05, 3.63) is 118 Å². The molecule has 4 aromatic carbocycles. The number of phenols is 2. The summed E-state index contributed by atoms with van der Waals surface area (Å²) in [4.78, 5) is 12.8. The monoisotopic (exact) mass is 704 g/mol. The fourth-order valence-electron chi connectivity index (χ4n) is 6.12. The van der Waals surface area contributed by atoms with E-state index in [0.29, 0.717) is 19.4 Å². The molecule has 0 aliphatic carbocycles. The molecule has 0 saturated carbocycles. The Morgan fingerprint density at radius 2 is 0.941 bits per heavy atom. The lowest BCUT2D eigenvalue weighted by molar-refractivity contribution is -0.0980. The molecular weight excluding hydrogens is 636 g/mol. The first-order chi connectivity index (χ1) is 23.3. The number of phenolic OH excluding ortho intramolecular Hbond substituents is 2. The van der Waals surface area contributed by atoms with E-state index in [1.165, 1.54) is 47.9 Å². The number of unbranched alkanes of at least 4 members (excludes halogenated alkanes) is 2. The van der Waals surface area contributed by atoms with Gasteiger partial charge in [-0.3, -0.25) is 9.80 Å². The summed E-state index contributed by atoms with van der Waals surface area (Å²) in [6, 6.07) is 27.9. The van der Waals surface area contributed by atoms with Gasteiger partial charge in [-0.1, -0.05) is 111 Å². The Balaban J connectivity index is 0.00000102. The Hall–Kier alpha value is -4.33. The molecule has 282 valence electrons. The normalized spacial score (nSPS) is 13.2. The van der Waals surface area contributed by atoms with Gasteiger partial charge in [0.2, 0.25) is 0 Å². The molecule has 0 spiro atoms. The average molecular weight is 704 g/mol. The van der Waals surface area contributed by atoms with Gasteiger partial charge in [-0.25, -0.2) is 0 Å². The quantitative estimate of drug-likeness (QED) is 0.170. The molecule has 6 rings (SSSR count). The topological polar surface area (TPSA) is 82.5 Å². The predicted molar refractivity (Wildman–Crippen MR) is 215 cm³/mol. The van der Waals surface area contributed by atoms with Gasteiger partial charge in [0.1, 0.15) is 43.2 Å². The van der Waals surface area contributed by atoms with Crippen LogP contribution in [0.25, 0.3) is 0 Å². The van der Waals surface area contributed by atoms with E-state index in [0.717, 1.165) is 48.8 Å². The zero-order chi connectivity index (χ0) is 34.5. The second-order valence-corrected chi connectivity index (χ2v) is 12.7. The van der Waals surface area contributed by atoms with Crippen molar-refractivity contribution in [1.29, 1.82) is 0 Å². The SMILES string of the molecule is C.C.C.C=O.CC(c1ccc(O)cc1)c1ccc(O)cc1.CCCCN1COc2ccc(C(C)c3ccc4c(c3)CN(CCCC)CO4)cc2C1.[2HH]. The lowest BCUT2D eigenvalue weighted by Crippen LogP contribution is -2.33. The largest absolute Gasteiger partial charge is 0.508 e. The highest BCUT2D eigenvalue weighted by molar-refractivity contribution is 5.45. The number of hydrogen-bond donors (Lipinski definition) is 2. The molecule has 2 heterocycles. The van der Waals surface area contributed by atoms with Gasteiger partial charge in [0.05, 0.1) is 0 Å². The molecular formula is C44H66N2O5. The van der Waals surface area contributed by atoms with Crippen LogP contribution in [0.5, 0.6) is 23.0 Å². The maximum Gasteiger partial charge on any atom is 0.142 e. The highest BCUT2D eigenvalue weighted by Gasteiger charge is 2.21. The van der Waals surface area contributed by atoms with Crippen molar-refractivity contribution in [3.63, 3.8) is 0 Å². The maximum atomic E-state index is 9.21. The van der Waals surface area contributed by atoms with Crippen LogP contribution >= 0.6 is 0 Å². The second kappa shape index (κ2) is 22.5. The molecule has 2 N–H and O–H groups in total. The van der Waals surface area contributed by atoms with Crippen molar-refractivity contribution in [2.45, 2.75) is 101 Å². The molecule has 0 radical (unpaired) electrons. The molecule has 0 atom stereocenters. The van der Waals surface area contributed by atoms with Crippen molar-refractivity contribution >= 4 is 6.79 Å². The average Bonchev–Trinajstić information content (AvgIpc) is 3.13. The van der Waals surface area contributed by atoms with Crippen LogP contribution in [0.1, 0.15) is 122 Å². The minimum atomic E-state index is 0. The van der Waals surface area contributed by atoms with E-state index in [2.05, 4.69) is 73.9 Å². The van der Waals surface area contributed by atoms with Crippen LogP contribution in [0, 0.1) is 0 Å². The molecule has 51 heavy (non-hydrogen) atoms. The van der Waals surface area contributed by atoms with Gasteiger partial charge in [-0.15, -0.1) is 0 Å². The maximum absolute atomic E-state index is 9.21. The Kier molecular flexibility index (Phi) is 19.7. The van der Waals surface area contributed by atoms with E-state index in [-0.39, 0.29) is 41.1 Å². The van der Waals surface area contributed by atoms with E-state index < -0.39 is 0 Å². The minimum absolute atomic E-state index is 0. The van der Waals surface area contributed by atoms with Crippen LogP contribution < -0.4 is 9.47 Å². The second-order valence-electron chi connectivity index (χ2n) is 12.7. The fourth-order valence-corrected chi connectivity index (χ4v) is 6.12. The van der Waals surface area contributed by atoms with Gasteiger partial charge >= 0.3 is 0 Å². The van der Waals surface area contributed by atoms with Crippen LogP contribution in [0.2, 0.25) is 0 Å². The third-order valence-electron chi connectivity index (χ3n) is 9.20. The summed E-state index contributed by atoms with van der Waals surface area (Å²) in [5, 5.41) is 18.4. The van der Waals surface area contributed by atoms with Crippen molar-refractivity contribution in [2.24, 2.45) is 0 Å². The van der Waals surface area contributed by atoms with Crippen molar-refractivity contribution in [1.82, 2.24) is 9.80 Å². The summed E-state index contributed by atoms with van der Waals surface area (Å²) >= 11 is 0. The first kappa shape index (κ1) is 44.7.